The lowest BCUT2D eigenvalue weighted by Crippen LogP contribution is -2.11. The summed E-state index contributed by atoms with van der Waals surface area (Å²) in [6, 6.07) is 10.5. The first-order valence-corrected chi connectivity index (χ1v) is 8.23. The minimum absolute atomic E-state index is 0.0841. The van der Waals surface area contributed by atoms with Crippen molar-refractivity contribution in [3.63, 3.8) is 0 Å². The molecule has 0 bridgehead atoms. The average molecular weight is 421 g/mol. The van der Waals surface area contributed by atoms with Crippen LogP contribution in [-0.4, -0.2) is 9.32 Å². The van der Waals surface area contributed by atoms with E-state index in [1.807, 2.05) is 19.1 Å². The van der Waals surface area contributed by atoms with Gasteiger partial charge in [0.05, 0.1) is 14.6 Å². The summed E-state index contributed by atoms with van der Waals surface area (Å²) < 4.78 is 20.8. The van der Waals surface area contributed by atoms with Gasteiger partial charge in [0.1, 0.15) is 11.5 Å². The molecule has 1 unspecified atom stereocenters. The Morgan fingerprint density at radius 2 is 1.70 bits per heavy atom. The monoisotopic (exact) mass is 419 g/mol. The Labute approximate surface area is 136 Å². The molecule has 0 heterocycles. The molecule has 0 aromatic heterocycles. The Morgan fingerprint density at radius 1 is 1.15 bits per heavy atom. The van der Waals surface area contributed by atoms with Crippen LogP contribution < -0.4 is 8.91 Å². The largest absolute Gasteiger partial charge is 0.506 e. The van der Waals surface area contributed by atoms with Crippen molar-refractivity contribution in [1.29, 1.82) is 0 Å². The van der Waals surface area contributed by atoms with Gasteiger partial charge in [-0.25, -0.2) is 0 Å². The summed E-state index contributed by atoms with van der Waals surface area (Å²) in [6.07, 6.45) is 0. The highest BCUT2D eigenvalue weighted by atomic mass is 79.9. The van der Waals surface area contributed by atoms with Crippen molar-refractivity contribution in [2.75, 3.05) is 4.72 Å². The second kappa shape index (κ2) is 6.60. The van der Waals surface area contributed by atoms with E-state index in [9.17, 15) is 9.32 Å². The number of aryl methyl sites for hydroxylation is 1. The molecule has 0 aliphatic carbocycles. The predicted octanol–water partition coefficient (Wildman–Crippen LogP) is 4.30. The maximum absolute atomic E-state index is 11.9. The highest BCUT2D eigenvalue weighted by molar-refractivity contribution is 9.11. The van der Waals surface area contributed by atoms with Gasteiger partial charge in [0.2, 0.25) is 0 Å². The van der Waals surface area contributed by atoms with Gasteiger partial charge in [-0.05, 0) is 63.0 Å². The molecule has 2 rings (SSSR count). The minimum atomic E-state index is -1.73. The molecule has 4 nitrogen and oxygen atoms in total. The fraction of sp³-hybridized carbons (Fsp3) is 0.0769. The normalized spacial score (nSPS) is 11.9. The topological polar surface area (TPSA) is 58.6 Å². The van der Waals surface area contributed by atoms with Gasteiger partial charge in [0, 0.05) is 0 Å². The Hall–Kier alpha value is -1.05. The minimum Gasteiger partial charge on any atom is -0.506 e. The standard InChI is InChI=1S/C13H11Br2NO3S/c1-8-2-4-10(5-3-8)19-20(18)16-9-6-11(14)13(17)12(15)7-9/h2-7,16-17H,1H3. The number of nitrogens with one attached hydrogen (secondary N) is 1. The number of phenolic OH excluding ortho intramolecular Hbond substituents is 1. The number of benzene rings is 2. The second-order valence-corrected chi connectivity index (χ2v) is 6.57. The van der Waals surface area contributed by atoms with E-state index in [4.69, 9.17) is 4.18 Å². The zero-order valence-corrected chi connectivity index (χ0v) is 14.4. The summed E-state index contributed by atoms with van der Waals surface area (Å²) in [4.78, 5) is 0. The Balaban J connectivity index is 2.06. The van der Waals surface area contributed by atoms with Gasteiger partial charge >= 0.3 is 11.3 Å². The fourth-order valence-electron chi connectivity index (χ4n) is 1.42. The molecule has 2 aromatic carbocycles. The molecule has 0 fully saturated rings. The summed E-state index contributed by atoms with van der Waals surface area (Å²) >= 11 is 4.68. The van der Waals surface area contributed by atoms with Crippen molar-refractivity contribution in [2.45, 2.75) is 6.92 Å². The fourth-order valence-corrected chi connectivity index (χ4v) is 3.25. The number of hydrogen-bond acceptors (Lipinski definition) is 3. The zero-order chi connectivity index (χ0) is 14.7. The first-order chi connectivity index (χ1) is 9.45. The van der Waals surface area contributed by atoms with Crippen LogP contribution in [0.25, 0.3) is 0 Å². The third-order valence-corrected chi connectivity index (χ3v) is 4.37. The molecule has 2 N–H and O–H groups in total. The number of hydrogen-bond donors (Lipinski definition) is 2. The maximum atomic E-state index is 11.9. The van der Waals surface area contributed by atoms with Crippen molar-refractivity contribution < 1.29 is 13.5 Å². The molecule has 0 saturated carbocycles. The summed E-state index contributed by atoms with van der Waals surface area (Å²) in [6.45, 7) is 1.96. The van der Waals surface area contributed by atoms with Gasteiger partial charge in [0.25, 0.3) is 0 Å². The van der Waals surface area contributed by atoms with Gasteiger partial charge < -0.3 is 9.29 Å². The van der Waals surface area contributed by atoms with Gasteiger partial charge in [0.15, 0.2) is 0 Å². The second-order valence-electron chi connectivity index (χ2n) is 4.02. The van der Waals surface area contributed by atoms with Gasteiger partial charge in [-0.2, -0.15) is 4.21 Å². The third-order valence-electron chi connectivity index (χ3n) is 2.41. The lowest BCUT2D eigenvalue weighted by atomic mass is 10.2. The van der Waals surface area contributed by atoms with Crippen molar-refractivity contribution in [2.24, 2.45) is 0 Å². The van der Waals surface area contributed by atoms with Crippen LogP contribution in [0.3, 0.4) is 0 Å². The lowest BCUT2D eigenvalue weighted by molar-refractivity contribution is 0.468. The summed E-state index contributed by atoms with van der Waals surface area (Å²) in [7, 11) is 0. The Morgan fingerprint density at radius 3 is 2.25 bits per heavy atom. The average Bonchev–Trinajstić information content (AvgIpc) is 2.38. The van der Waals surface area contributed by atoms with Crippen molar-refractivity contribution in [3.8, 4) is 11.5 Å². The van der Waals surface area contributed by atoms with Crippen LogP contribution in [0, 0.1) is 6.92 Å². The summed E-state index contributed by atoms with van der Waals surface area (Å²) in [5.74, 6) is 0.596. The van der Waals surface area contributed by atoms with E-state index >= 15 is 0 Å². The van der Waals surface area contributed by atoms with E-state index in [1.165, 1.54) is 0 Å². The number of phenols is 1. The zero-order valence-electron chi connectivity index (χ0n) is 10.4. The van der Waals surface area contributed by atoms with E-state index in [-0.39, 0.29) is 5.75 Å². The molecule has 0 amide bonds. The van der Waals surface area contributed by atoms with Crippen LogP contribution in [0.4, 0.5) is 5.69 Å². The maximum Gasteiger partial charge on any atom is 0.316 e. The van der Waals surface area contributed by atoms with E-state index < -0.39 is 11.3 Å². The third kappa shape index (κ3) is 3.97. The highest BCUT2D eigenvalue weighted by Crippen LogP contribution is 2.35. The predicted molar refractivity (Wildman–Crippen MR) is 87.1 cm³/mol. The quantitative estimate of drug-likeness (QED) is 0.725. The van der Waals surface area contributed by atoms with Crippen LogP contribution >= 0.6 is 31.9 Å². The van der Waals surface area contributed by atoms with Crippen molar-refractivity contribution in [1.82, 2.24) is 0 Å². The van der Waals surface area contributed by atoms with Crippen LogP contribution in [0.1, 0.15) is 5.56 Å². The van der Waals surface area contributed by atoms with Gasteiger partial charge in [-0.3, -0.25) is 4.72 Å². The van der Waals surface area contributed by atoms with Crippen molar-refractivity contribution >= 4 is 48.8 Å². The summed E-state index contributed by atoms with van der Waals surface area (Å²) in [5, 5.41) is 9.60. The number of rotatable bonds is 4. The molecule has 1 atom stereocenters. The number of aromatic hydroxyl groups is 1. The molecule has 0 spiro atoms. The van der Waals surface area contributed by atoms with Crippen molar-refractivity contribution in [3.05, 3.63) is 50.9 Å². The molecule has 0 aliphatic heterocycles. The van der Waals surface area contributed by atoms with Crippen LogP contribution in [0.2, 0.25) is 0 Å². The molecule has 7 heteroatoms. The molecule has 20 heavy (non-hydrogen) atoms. The summed E-state index contributed by atoms with van der Waals surface area (Å²) in [5.41, 5.74) is 1.65. The number of halogens is 2. The van der Waals surface area contributed by atoms with E-state index in [2.05, 4.69) is 36.6 Å². The van der Waals surface area contributed by atoms with Crippen LogP contribution in [0.15, 0.2) is 45.3 Å². The van der Waals surface area contributed by atoms with Crippen LogP contribution in [-0.2, 0) is 11.3 Å². The van der Waals surface area contributed by atoms with E-state index in [0.717, 1.165) is 5.56 Å². The molecule has 0 aliphatic rings. The van der Waals surface area contributed by atoms with Crippen LogP contribution in [0.5, 0.6) is 11.5 Å². The number of anilines is 1. The molecule has 0 radical (unpaired) electrons. The first kappa shape index (κ1) is 15.3. The molecule has 106 valence electrons. The molecular weight excluding hydrogens is 410 g/mol. The van der Waals surface area contributed by atoms with E-state index in [1.54, 1.807) is 24.3 Å². The lowest BCUT2D eigenvalue weighted by Gasteiger charge is -2.09. The molecule has 2 aromatic rings. The first-order valence-electron chi connectivity index (χ1n) is 5.57. The highest BCUT2D eigenvalue weighted by Gasteiger charge is 2.09. The smallest absolute Gasteiger partial charge is 0.316 e. The SMILES string of the molecule is Cc1ccc(OS(=O)Nc2cc(Br)c(O)c(Br)c2)cc1. The van der Waals surface area contributed by atoms with Gasteiger partial charge in [-0.1, -0.05) is 17.7 Å². The van der Waals surface area contributed by atoms with Gasteiger partial charge in [-0.15, -0.1) is 0 Å². The Kier molecular flexibility index (Phi) is 5.06. The molecular formula is C13H11Br2NO3S. The molecule has 0 saturated heterocycles. The Bertz CT molecular complexity index is 624. The van der Waals surface area contributed by atoms with E-state index in [0.29, 0.717) is 20.4 Å².